The van der Waals surface area contributed by atoms with Gasteiger partial charge in [0.15, 0.2) is 11.5 Å². The maximum atomic E-state index is 14.2. The summed E-state index contributed by atoms with van der Waals surface area (Å²) in [5, 5.41) is 4.81. The van der Waals surface area contributed by atoms with E-state index >= 15 is 0 Å². The number of fused-ring (bicyclic) bond motifs is 2. The number of aromatic amines is 2. The predicted molar refractivity (Wildman–Crippen MR) is 228 cm³/mol. The van der Waals surface area contributed by atoms with Crippen molar-refractivity contribution in [3.8, 4) is 45.1 Å². The van der Waals surface area contributed by atoms with Crippen LogP contribution >= 0.6 is 0 Å². The van der Waals surface area contributed by atoms with Gasteiger partial charge in [0.1, 0.15) is 17.7 Å². The van der Waals surface area contributed by atoms with Crippen LogP contribution in [0.5, 0.6) is 11.5 Å². The number of hydrogen-bond acceptors (Lipinski definition) is 8. The van der Waals surface area contributed by atoms with E-state index in [2.05, 4.69) is 75.9 Å². The van der Waals surface area contributed by atoms with Gasteiger partial charge in [0.05, 0.1) is 41.9 Å². The number of benzene rings is 4. The average Bonchev–Trinajstić information content (AvgIpc) is 4.11. The summed E-state index contributed by atoms with van der Waals surface area (Å²) in [5.74, 6) is 2.79. The van der Waals surface area contributed by atoms with E-state index in [9.17, 15) is 14.4 Å². The number of ether oxygens (including phenoxy) is 2. The third-order valence-corrected chi connectivity index (χ3v) is 12.2. The van der Waals surface area contributed by atoms with Crippen LogP contribution in [-0.4, -0.2) is 92.9 Å². The molecule has 0 aliphatic carbocycles. The molecule has 2 aromatic heterocycles. The molecule has 2 fully saturated rings. The molecule has 3 N–H and O–H groups in total. The second kappa shape index (κ2) is 17.9. The largest absolute Gasteiger partial charge is 0.520 e. The topological polar surface area (TPSA) is 149 Å². The number of nitrogens with zero attached hydrogens (tertiary/aromatic N) is 5. The van der Waals surface area contributed by atoms with Gasteiger partial charge in [0.25, 0.3) is 0 Å². The molecule has 3 aliphatic heterocycles. The van der Waals surface area contributed by atoms with E-state index in [0.29, 0.717) is 24.6 Å². The van der Waals surface area contributed by atoms with E-state index in [-0.39, 0.29) is 67.7 Å². The molecule has 14 heteroatoms. The zero-order valence-electron chi connectivity index (χ0n) is 34.8. The van der Waals surface area contributed by atoms with Crippen molar-refractivity contribution in [2.24, 2.45) is 5.92 Å². The number of H-pyrrole nitrogens is 2. The normalized spacial score (nSPS) is 18.1. The summed E-state index contributed by atoms with van der Waals surface area (Å²) in [4.78, 5) is 60.9. The summed E-state index contributed by atoms with van der Waals surface area (Å²) in [7, 11) is 3.85. The molecule has 3 amide bonds. The van der Waals surface area contributed by atoms with Crippen molar-refractivity contribution >= 4 is 29.0 Å². The van der Waals surface area contributed by atoms with Gasteiger partial charge < -0.3 is 39.4 Å². The Kier molecular flexibility index (Phi) is 12.4. The average molecular weight is 1040 g/mol. The first-order chi connectivity index (χ1) is 29.2. The van der Waals surface area contributed by atoms with Crippen LogP contribution in [0, 0.1) is 37.0 Å². The molecule has 2 unspecified atom stereocenters. The van der Waals surface area contributed by atoms with Gasteiger partial charge in [-0.1, -0.05) is 68.4 Å². The van der Waals surface area contributed by atoms with E-state index in [1.165, 1.54) is 0 Å². The van der Waals surface area contributed by atoms with Gasteiger partial charge in [-0.25, -0.2) is 9.97 Å². The van der Waals surface area contributed by atoms with Crippen LogP contribution < -0.4 is 14.8 Å². The van der Waals surface area contributed by atoms with Gasteiger partial charge in [0.2, 0.25) is 18.6 Å². The van der Waals surface area contributed by atoms with Crippen molar-refractivity contribution in [3.05, 3.63) is 108 Å². The minimum absolute atomic E-state index is 0. The van der Waals surface area contributed by atoms with Gasteiger partial charge in [-0.15, -0.1) is 0 Å². The molecular weight excluding hydrogens is 995 g/mol. The van der Waals surface area contributed by atoms with E-state index in [1.54, 1.807) is 6.41 Å². The number of likely N-dealkylation sites (tertiary alicyclic amines) is 2. The van der Waals surface area contributed by atoms with Crippen molar-refractivity contribution in [2.45, 2.75) is 63.7 Å². The quantitative estimate of drug-likeness (QED) is 0.0854. The van der Waals surface area contributed by atoms with Crippen LogP contribution in [-0.2, 0) is 14.4 Å². The summed E-state index contributed by atoms with van der Waals surface area (Å²) >= 11 is 0. The van der Waals surface area contributed by atoms with Crippen LogP contribution in [0.25, 0.3) is 44.4 Å². The summed E-state index contributed by atoms with van der Waals surface area (Å²) in [6.07, 6.45) is 8.83. The number of imidazole rings is 2. The monoisotopic (exact) mass is 1040 g/mol. The molecule has 0 bridgehead atoms. The standard InChI is InChI=1S/C47H49N8O5.U/c1-28(2)42(50-26-56)46(57)54-19-5-7-38(54)44-49-25-37(52-44)34-16-15-32-21-31(13-14-33(32)22-34)29-9-11-30(12-10-29)36-24-48-45(51-36)39-8-6-20-55(39)47(58)43(53(3)4)35-17-18-40-41(23-35)60-27-59-40;/h9-18,21-25,28,38-39,42-43H,5-8,19-20,27H2,1-4H3,(H,48,51)(H,49,52)(H,50,56);/q-1;/t38-,39?,42-,43?;/m0./s1. The Labute approximate surface area is 379 Å². The zero-order valence-corrected chi connectivity index (χ0v) is 38.9. The molecular formula is C47H49N8O5U-. The molecule has 312 valence electrons. The maximum Gasteiger partial charge on any atom is 0.245 e. The summed E-state index contributed by atoms with van der Waals surface area (Å²) in [5.41, 5.74) is 6.91. The summed E-state index contributed by atoms with van der Waals surface area (Å²) in [6.45, 7) is 5.32. The second-order valence-corrected chi connectivity index (χ2v) is 16.5. The zero-order chi connectivity index (χ0) is 41.5. The third-order valence-electron chi connectivity index (χ3n) is 12.2. The SMILES string of the molecule is CC(C)[C@H](N[C-]=O)C(=O)N1CCC[C@H]1c1ncc(-c2ccc3cc(-c4ccc(-c5cnc(C6CCCN6C(=O)C(c6ccc7c(c6)OCO7)N(C)C)[nH]5)cc4)ccc3c2)[nH]1.[U]. The van der Waals surface area contributed by atoms with E-state index in [1.807, 2.05) is 73.2 Å². The molecule has 4 aromatic carbocycles. The Bertz CT molecular complexity index is 2550. The van der Waals surface area contributed by atoms with E-state index in [0.717, 1.165) is 87.3 Å². The Morgan fingerprint density at radius 1 is 0.738 bits per heavy atom. The minimum atomic E-state index is -0.615. The molecule has 0 radical (unpaired) electrons. The maximum absolute atomic E-state index is 14.2. The molecule has 2 saturated heterocycles. The molecule has 0 spiro atoms. The fourth-order valence-electron chi connectivity index (χ4n) is 9.03. The van der Waals surface area contributed by atoms with Crippen molar-refractivity contribution in [3.63, 3.8) is 0 Å². The van der Waals surface area contributed by atoms with Crippen LogP contribution in [0.4, 0.5) is 0 Å². The van der Waals surface area contributed by atoms with Crippen molar-refractivity contribution in [1.82, 2.24) is 40.0 Å². The number of aromatic nitrogens is 4. The first-order valence-corrected chi connectivity index (χ1v) is 20.7. The molecule has 0 saturated carbocycles. The molecule has 4 atom stereocenters. The molecule has 61 heavy (non-hydrogen) atoms. The number of nitrogens with one attached hydrogen (secondary N) is 3. The molecule has 13 nitrogen and oxygen atoms in total. The second-order valence-electron chi connectivity index (χ2n) is 16.5. The van der Waals surface area contributed by atoms with Crippen molar-refractivity contribution < 1.29 is 55.0 Å². The first kappa shape index (κ1) is 42.3. The number of amides is 3. The Morgan fingerprint density at radius 3 is 1.92 bits per heavy atom. The summed E-state index contributed by atoms with van der Waals surface area (Å²) < 4.78 is 11.1. The molecule has 5 heterocycles. The molecule has 3 aliphatic rings. The molecule has 9 rings (SSSR count). The fraction of sp³-hybridized carbons (Fsp3) is 0.340. The van der Waals surface area contributed by atoms with E-state index in [4.69, 9.17) is 19.4 Å². The van der Waals surface area contributed by atoms with Gasteiger partial charge in [-0.3, -0.25) is 14.5 Å². The predicted octanol–water partition coefficient (Wildman–Crippen LogP) is 7.33. The number of carbonyl (C=O) groups is 2. The first-order valence-electron chi connectivity index (χ1n) is 20.7. The van der Waals surface area contributed by atoms with Crippen LogP contribution in [0.2, 0.25) is 0 Å². The van der Waals surface area contributed by atoms with Gasteiger partial charge in [-0.05, 0) is 103 Å². The van der Waals surface area contributed by atoms with Gasteiger partial charge in [-0.2, -0.15) is 6.41 Å². The van der Waals surface area contributed by atoms with Crippen molar-refractivity contribution in [1.29, 1.82) is 0 Å². The van der Waals surface area contributed by atoms with E-state index < -0.39 is 12.1 Å². The minimum Gasteiger partial charge on any atom is -0.520 e. The third kappa shape index (κ3) is 8.33. The number of likely N-dealkylation sites (N-methyl/N-ethyl adjacent to an activating group) is 1. The smallest absolute Gasteiger partial charge is 0.245 e. The molecule has 6 aromatic rings. The number of carbonyl (C=O) groups excluding carboxylic acids is 3. The van der Waals surface area contributed by atoms with Gasteiger partial charge >= 0.3 is 0 Å². The van der Waals surface area contributed by atoms with Crippen molar-refractivity contribution in [2.75, 3.05) is 34.0 Å². The number of rotatable bonds is 12. The Balaban J connectivity index is 0.00000514. The Morgan fingerprint density at radius 2 is 1.30 bits per heavy atom. The Hall–Kier alpha value is -5.42. The van der Waals surface area contributed by atoms with Crippen LogP contribution in [0.1, 0.15) is 74.9 Å². The summed E-state index contributed by atoms with van der Waals surface area (Å²) in [6, 6.07) is 25.7. The van der Waals surface area contributed by atoms with Gasteiger partial charge in [0, 0.05) is 49.8 Å². The van der Waals surface area contributed by atoms with Crippen LogP contribution in [0.15, 0.2) is 91.3 Å². The van der Waals surface area contributed by atoms with Crippen LogP contribution in [0.3, 0.4) is 0 Å². The number of hydrogen-bond donors (Lipinski definition) is 3. The fourth-order valence-corrected chi connectivity index (χ4v) is 9.03.